The van der Waals surface area contributed by atoms with Crippen LogP contribution in [0.2, 0.25) is 0 Å². The number of halogens is 2. The number of thioether (sulfide) groups is 1. The Morgan fingerprint density at radius 1 is 1.26 bits per heavy atom. The van der Waals surface area contributed by atoms with Gasteiger partial charge in [0.15, 0.2) is 5.96 Å². The normalized spacial score (nSPS) is 11.2. The van der Waals surface area contributed by atoms with Gasteiger partial charge in [-0.25, -0.2) is 9.38 Å². The number of nitrogens with zero attached hydrogens (tertiary/aromatic N) is 4. The van der Waals surface area contributed by atoms with Crippen LogP contribution >= 0.6 is 35.7 Å². The Kier molecular flexibility index (Phi) is 11.3. The molecule has 0 unspecified atom stereocenters. The molecular formula is C18H28FIN6S. The molecule has 9 heteroatoms. The lowest BCUT2D eigenvalue weighted by atomic mass is 10.1. The zero-order chi connectivity index (χ0) is 18.8. The Morgan fingerprint density at radius 3 is 2.78 bits per heavy atom. The molecule has 0 aliphatic heterocycles. The number of guanidine groups is 1. The zero-order valence-electron chi connectivity index (χ0n) is 16.0. The SMILES string of the molecule is CCNC(=NCc1ccc(F)cc1CSC)NCCn1cnnc1CC.I. The second-order valence-corrected chi connectivity index (χ2v) is 6.63. The van der Waals surface area contributed by atoms with Crippen molar-refractivity contribution in [2.24, 2.45) is 4.99 Å². The highest BCUT2D eigenvalue weighted by Gasteiger charge is 2.05. The van der Waals surface area contributed by atoms with Crippen molar-refractivity contribution in [3.05, 3.63) is 47.3 Å². The second kappa shape index (κ2) is 12.9. The highest BCUT2D eigenvalue weighted by molar-refractivity contribution is 14.0. The summed E-state index contributed by atoms with van der Waals surface area (Å²) in [5.74, 6) is 2.30. The van der Waals surface area contributed by atoms with Crippen LogP contribution < -0.4 is 10.6 Å². The van der Waals surface area contributed by atoms with Crippen molar-refractivity contribution in [1.82, 2.24) is 25.4 Å². The summed E-state index contributed by atoms with van der Waals surface area (Å²) in [5.41, 5.74) is 2.04. The van der Waals surface area contributed by atoms with E-state index in [1.165, 1.54) is 6.07 Å². The summed E-state index contributed by atoms with van der Waals surface area (Å²) in [5, 5.41) is 14.6. The van der Waals surface area contributed by atoms with Gasteiger partial charge in [0.05, 0.1) is 6.54 Å². The Labute approximate surface area is 181 Å². The van der Waals surface area contributed by atoms with E-state index in [2.05, 4.69) is 32.7 Å². The molecule has 1 heterocycles. The van der Waals surface area contributed by atoms with Crippen LogP contribution in [0.15, 0.2) is 29.5 Å². The molecule has 1 aromatic carbocycles. The first-order chi connectivity index (χ1) is 12.7. The molecule has 150 valence electrons. The standard InChI is InChI=1S/C18H27FN6S.HI/c1-4-17-24-23-13-25(17)9-8-21-18(20-5-2)22-11-14-6-7-16(19)10-15(14)12-26-3;/h6-7,10,13H,4-5,8-9,11-12H2,1-3H3,(H2,20,21,22);1H. The fourth-order valence-electron chi connectivity index (χ4n) is 2.58. The van der Waals surface area contributed by atoms with Gasteiger partial charge in [0.25, 0.3) is 0 Å². The van der Waals surface area contributed by atoms with Crippen LogP contribution in [0.4, 0.5) is 4.39 Å². The maximum absolute atomic E-state index is 13.5. The summed E-state index contributed by atoms with van der Waals surface area (Å²) in [4.78, 5) is 4.64. The quantitative estimate of drug-likeness (QED) is 0.311. The lowest BCUT2D eigenvalue weighted by molar-refractivity contribution is 0.625. The van der Waals surface area contributed by atoms with E-state index in [0.29, 0.717) is 6.54 Å². The van der Waals surface area contributed by atoms with Crippen molar-refractivity contribution >= 4 is 41.7 Å². The maximum Gasteiger partial charge on any atom is 0.191 e. The van der Waals surface area contributed by atoms with Crippen molar-refractivity contribution in [1.29, 1.82) is 0 Å². The minimum Gasteiger partial charge on any atom is -0.357 e. The number of benzene rings is 1. The molecule has 0 amide bonds. The average molecular weight is 506 g/mol. The smallest absolute Gasteiger partial charge is 0.191 e. The maximum atomic E-state index is 13.5. The third-order valence-corrected chi connectivity index (χ3v) is 4.48. The molecule has 2 N–H and O–H groups in total. The van der Waals surface area contributed by atoms with Crippen LogP contribution in [0, 0.1) is 5.82 Å². The zero-order valence-corrected chi connectivity index (χ0v) is 19.2. The van der Waals surface area contributed by atoms with Gasteiger partial charge >= 0.3 is 0 Å². The third-order valence-electron chi connectivity index (χ3n) is 3.88. The van der Waals surface area contributed by atoms with Crippen LogP contribution in [-0.4, -0.2) is 40.1 Å². The molecule has 27 heavy (non-hydrogen) atoms. The predicted octanol–water partition coefficient (Wildman–Crippen LogP) is 3.22. The Hall–Kier alpha value is -1.36. The number of hydrogen-bond donors (Lipinski definition) is 2. The van der Waals surface area contributed by atoms with Crippen LogP contribution in [0.5, 0.6) is 0 Å². The summed E-state index contributed by atoms with van der Waals surface area (Å²) < 4.78 is 15.5. The first kappa shape index (κ1) is 23.7. The van der Waals surface area contributed by atoms with E-state index < -0.39 is 0 Å². The summed E-state index contributed by atoms with van der Waals surface area (Å²) in [6.45, 7) is 6.88. The highest BCUT2D eigenvalue weighted by Crippen LogP contribution is 2.17. The van der Waals surface area contributed by atoms with Crippen molar-refractivity contribution in [2.45, 2.75) is 39.1 Å². The molecule has 0 radical (unpaired) electrons. The van der Waals surface area contributed by atoms with Gasteiger partial charge in [-0.2, -0.15) is 11.8 Å². The van der Waals surface area contributed by atoms with E-state index in [1.54, 1.807) is 24.2 Å². The molecule has 0 saturated heterocycles. The molecule has 0 atom stereocenters. The van der Waals surface area contributed by atoms with E-state index in [1.807, 2.05) is 23.8 Å². The highest BCUT2D eigenvalue weighted by atomic mass is 127. The van der Waals surface area contributed by atoms with Crippen molar-refractivity contribution < 1.29 is 4.39 Å². The van der Waals surface area contributed by atoms with Gasteiger partial charge in [0.1, 0.15) is 18.0 Å². The molecule has 0 spiro atoms. The molecule has 0 bridgehead atoms. The van der Waals surface area contributed by atoms with E-state index in [4.69, 9.17) is 0 Å². The number of hydrogen-bond acceptors (Lipinski definition) is 4. The molecule has 0 saturated carbocycles. The largest absolute Gasteiger partial charge is 0.357 e. The van der Waals surface area contributed by atoms with Crippen LogP contribution in [0.25, 0.3) is 0 Å². The molecule has 1 aromatic heterocycles. The average Bonchev–Trinajstić information content (AvgIpc) is 3.08. The van der Waals surface area contributed by atoms with Crippen molar-refractivity contribution in [3.8, 4) is 0 Å². The van der Waals surface area contributed by atoms with E-state index in [9.17, 15) is 4.39 Å². The number of aromatic nitrogens is 3. The summed E-state index contributed by atoms with van der Waals surface area (Å²) >= 11 is 1.68. The minimum absolute atomic E-state index is 0. The predicted molar refractivity (Wildman–Crippen MR) is 121 cm³/mol. The molecule has 0 aliphatic rings. The fraction of sp³-hybridized carbons (Fsp3) is 0.500. The van der Waals surface area contributed by atoms with Crippen LogP contribution in [0.1, 0.15) is 30.8 Å². The molecule has 2 aromatic rings. The van der Waals surface area contributed by atoms with E-state index in [-0.39, 0.29) is 29.8 Å². The number of aliphatic imine (C=N–C) groups is 1. The number of nitrogens with one attached hydrogen (secondary N) is 2. The Morgan fingerprint density at radius 2 is 2.07 bits per heavy atom. The molecule has 2 rings (SSSR count). The topological polar surface area (TPSA) is 67.1 Å². The Balaban J connectivity index is 0.00000364. The van der Waals surface area contributed by atoms with Crippen molar-refractivity contribution in [3.63, 3.8) is 0 Å². The molecule has 0 aliphatic carbocycles. The molecule has 0 fully saturated rings. The molecule has 6 nitrogen and oxygen atoms in total. The van der Waals surface area contributed by atoms with Gasteiger partial charge in [-0.15, -0.1) is 34.2 Å². The third kappa shape index (κ3) is 7.65. The van der Waals surface area contributed by atoms with Gasteiger partial charge in [-0.1, -0.05) is 13.0 Å². The monoisotopic (exact) mass is 506 g/mol. The summed E-state index contributed by atoms with van der Waals surface area (Å²) in [6, 6.07) is 4.91. The lowest BCUT2D eigenvalue weighted by Crippen LogP contribution is -2.39. The van der Waals surface area contributed by atoms with Gasteiger partial charge in [-0.3, -0.25) is 0 Å². The van der Waals surface area contributed by atoms with E-state index in [0.717, 1.165) is 54.7 Å². The Bertz CT molecular complexity index is 722. The first-order valence-corrected chi connectivity index (χ1v) is 10.2. The summed E-state index contributed by atoms with van der Waals surface area (Å²) in [7, 11) is 0. The van der Waals surface area contributed by atoms with Gasteiger partial charge in [-0.05, 0) is 36.4 Å². The first-order valence-electron chi connectivity index (χ1n) is 8.83. The van der Waals surface area contributed by atoms with Crippen LogP contribution in [0.3, 0.4) is 0 Å². The summed E-state index contributed by atoms with van der Waals surface area (Å²) in [6.07, 6.45) is 4.62. The lowest BCUT2D eigenvalue weighted by Gasteiger charge is -2.13. The fourth-order valence-corrected chi connectivity index (χ4v) is 3.16. The van der Waals surface area contributed by atoms with Gasteiger partial charge in [0, 0.05) is 31.8 Å². The van der Waals surface area contributed by atoms with Gasteiger partial charge in [0.2, 0.25) is 0 Å². The van der Waals surface area contributed by atoms with E-state index >= 15 is 0 Å². The number of aryl methyl sites for hydroxylation is 1. The van der Waals surface area contributed by atoms with Crippen molar-refractivity contribution in [2.75, 3.05) is 19.3 Å². The van der Waals surface area contributed by atoms with Gasteiger partial charge < -0.3 is 15.2 Å². The minimum atomic E-state index is -0.201. The second-order valence-electron chi connectivity index (χ2n) is 5.76. The number of rotatable bonds is 9. The van der Waals surface area contributed by atoms with Crippen LogP contribution in [-0.2, 0) is 25.3 Å². The molecular weight excluding hydrogens is 478 g/mol.